The van der Waals surface area contributed by atoms with E-state index in [9.17, 15) is 28.2 Å². The lowest BCUT2D eigenvalue weighted by Crippen LogP contribution is -2.23. The Labute approximate surface area is 129 Å². The molecule has 0 saturated carbocycles. The number of carbonyl (C=O) groups is 1. The number of aliphatic hydroxyl groups is 2. The van der Waals surface area contributed by atoms with Crippen molar-refractivity contribution in [3.8, 4) is 5.75 Å². The van der Waals surface area contributed by atoms with Crippen LogP contribution in [-0.4, -0.2) is 33.5 Å². The first-order chi connectivity index (χ1) is 10.1. The average molecular weight is 339 g/mol. The Morgan fingerprint density at radius 2 is 2.05 bits per heavy atom. The van der Waals surface area contributed by atoms with Crippen LogP contribution in [0.3, 0.4) is 0 Å². The Balaban J connectivity index is 2.88. The second-order valence-corrected chi connectivity index (χ2v) is 5.76. The van der Waals surface area contributed by atoms with Gasteiger partial charge in [0.25, 0.3) is 0 Å². The second kappa shape index (κ2) is 7.70. The highest BCUT2D eigenvalue weighted by Gasteiger charge is 2.33. The molecule has 0 amide bonds. The predicted molar refractivity (Wildman–Crippen MR) is 76.3 cm³/mol. The van der Waals surface area contributed by atoms with E-state index in [1.807, 2.05) is 0 Å². The van der Waals surface area contributed by atoms with Crippen LogP contribution in [0.5, 0.6) is 5.75 Å². The van der Waals surface area contributed by atoms with Crippen LogP contribution in [0, 0.1) is 0 Å². The number of ether oxygens (including phenoxy) is 1. The first kappa shape index (κ1) is 18.6. The molecule has 0 aliphatic rings. The molecule has 0 aromatic heterocycles. The minimum Gasteiger partial charge on any atom is -0.405 e. The molecule has 5 nitrogen and oxygen atoms in total. The number of thioether (sulfide) groups is 1. The number of alkyl halides is 3. The molecule has 0 saturated heterocycles. The van der Waals surface area contributed by atoms with Gasteiger partial charge in [-0.05, 0) is 24.6 Å². The second-order valence-electron chi connectivity index (χ2n) is 4.49. The molecule has 4 N–H and O–H groups in total. The van der Waals surface area contributed by atoms with Crippen LogP contribution >= 0.6 is 11.8 Å². The fourth-order valence-electron chi connectivity index (χ4n) is 1.70. The summed E-state index contributed by atoms with van der Waals surface area (Å²) in [6.07, 6.45) is -7.89. The van der Waals surface area contributed by atoms with Crippen molar-refractivity contribution >= 4 is 22.6 Å². The van der Waals surface area contributed by atoms with Crippen LogP contribution in [0.25, 0.3) is 0 Å². The van der Waals surface area contributed by atoms with Gasteiger partial charge in [-0.3, -0.25) is 4.79 Å². The molecule has 0 spiro atoms. The van der Waals surface area contributed by atoms with Gasteiger partial charge in [-0.15, -0.1) is 13.2 Å². The van der Waals surface area contributed by atoms with E-state index in [-0.39, 0.29) is 28.5 Å². The zero-order chi connectivity index (χ0) is 16.9. The third-order valence-corrected chi connectivity index (χ3v) is 3.51. The lowest BCUT2D eigenvalue weighted by molar-refractivity contribution is -0.275. The van der Waals surface area contributed by atoms with Crippen LogP contribution in [0.1, 0.15) is 25.0 Å². The highest BCUT2D eigenvalue weighted by molar-refractivity contribution is 8.13. The van der Waals surface area contributed by atoms with Gasteiger partial charge in [0, 0.05) is 23.9 Å². The van der Waals surface area contributed by atoms with Gasteiger partial charge in [0.1, 0.15) is 11.9 Å². The minimum atomic E-state index is -4.93. The van der Waals surface area contributed by atoms with Crippen molar-refractivity contribution in [1.82, 2.24) is 0 Å². The maximum atomic E-state index is 12.3. The molecule has 1 aromatic carbocycles. The maximum Gasteiger partial charge on any atom is 0.573 e. The highest BCUT2D eigenvalue weighted by atomic mass is 32.2. The minimum absolute atomic E-state index is 0.0195. The molecular weight excluding hydrogens is 323 g/mol. The quantitative estimate of drug-likeness (QED) is 0.688. The summed E-state index contributed by atoms with van der Waals surface area (Å²) in [5.41, 5.74) is 5.34. The van der Waals surface area contributed by atoms with Crippen molar-refractivity contribution in [3.05, 3.63) is 23.8 Å². The molecule has 124 valence electrons. The van der Waals surface area contributed by atoms with Gasteiger partial charge in [0.15, 0.2) is 5.12 Å². The maximum absolute atomic E-state index is 12.3. The van der Waals surface area contributed by atoms with E-state index in [0.29, 0.717) is 0 Å². The highest BCUT2D eigenvalue weighted by Crippen LogP contribution is 2.34. The largest absolute Gasteiger partial charge is 0.573 e. The summed E-state index contributed by atoms with van der Waals surface area (Å²) in [6, 6.07) is 3.26. The van der Waals surface area contributed by atoms with Crippen LogP contribution < -0.4 is 10.5 Å². The molecule has 0 radical (unpaired) electrons. The summed E-state index contributed by atoms with van der Waals surface area (Å²) in [5, 5.41) is 19.7. The summed E-state index contributed by atoms with van der Waals surface area (Å²) in [6.45, 7) is 1.35. The number of anilines is 1. The summed E-state index contributed by atoms with van der Waals surface area (Å²) < 4.78 is 40.8. The van der Waals surface area contributed by atoms with Gasteiger partial charge in [-0.1, -0.05) is 11.8 Å². The van der Waals surface area contributed by atoms with Gasteiger partial charge in [0.2, 0.25) is 0 Å². The summed E-state index contributed by atoms with van der Waals surface area (Å²) in [7, 11) is 0. The molecule has 9 heteroatoms. The third kappa shape index (κ3) is 6.12. The van der Waals surface area contributed by atoms with Crippen LogP contribution in [0.2, 0.25) is 0 Å². The molecule has 0 aliphatic heterocycles. The van der Waals surface area contributed by atoms with Gasteiger partial charge in [-0.2, -0.15) is 0 Å². The van der Waals surface area contributed by atoms with Crippen molar-refractivity contribution in [2.24, 2.45) is 0 Å². The molecule has 0 heterocycles. The predicted octanol–water partition coefficient (Wildman–Crippen LogP) is 2.23. The Morgan fingerprint density at radius 1 is 1.41 bits per heavy atom. The lowest BCUT2D eigenvalue weighted by Gasteiger charge is -2.21. The van der Waals surface area contributed by atoms with E-state index < -0.39 is 24.3 Å². The number of hydrogen-bond donors (Lipinski definition) is 3. The Kier molecular flexibility index (Phi) is 6.51. The van der Waals surface area contributed by atoms with Gasteiger partial charge in [0.05, 0.1) is 6.10 Å². The lowest BCUT2D eigenvalue weighted by atomic mass is 10.0. The Bertz CT molecular complexity index is 524. The van der Waals surface area contributed by atoms with Gasteiger partial charge in [-0.25, -0.2) is 0 Å². The number of carbonyl (C=O) groups excluding carboxylic acids is 1. The SMILES string of the molecule is CC(=O)SCCC(O)C(O)c1cc(N)ccc1OC(F)(F)F. The van der Waals surface area contributed by atoms with Crippen molar-refractivity contribution in [2.45, 2.75) is 31.9 Å². The van der Waals surface area contributed by atoms with Crippen LogP contribution in [0.4, 0.5) is 18.9 Å². The normalized spacial score (nSPS) is 14.5. The van der Waals surface area contributed by atoms with Crippen molar-refractivity contribution in [3.63, 3.8) is 0 Å². The van der Waals surface area contributed by atoms with Gasteiger partial charge < -0.3 is 20.7 Å². The van der Waals surface area contributed by atoms with E-state index >= 15 is 0 Å². The number of rotatable bonds is 6. The molecule has 2 unspecified atom stereocenters. The number of halogens is 3. The Morgan fingerprint density at radius 3 is 2.59 bits per heavy atom. The zero-order valence-electron chi connectivity index (χ0n) is 11.6. The first-order valence-electron chi connectivity index (χ1n) is 6.25. The molecule has 0 aliphatic carbocycles. The zero-order valence-corrected chi connectivity index (χ0v) is 12.4. The number of nitrogen functional groups attached to an aromatic ring is 1. The van der Waals surface area contributed by atoms with E-state index in [4.69, 9.17) is 5.73 Å². The summed E-state index contributed by atoms with van der Waals surface area (Å²) in [5.74, 6) is -0.404. The standard InChI is InChI=1S/C13H16F3NO4S/c1-7(18)22-5-4-10(19)12(20)9-6-8(17)2-3-11(9)21-13(14,15)16/h2-3,6,10,12,19-20H,4-5,17H2,1H3. The van der Waals surface area contributed by atoms with E-state index in [1.165, 1.54) is 13.0 Å². The fourth-order valence-corrected chi connectivity index (χ4v) is 2.35. The fraction of sp³-hybridized carbons (Fsp3) is 0.462. The van der Waals surface area contributed by atoms with Crippen LogP contribution in [0.15, 0.2) is 18.2 Å². The average Bonchev–Trinajstić information content (AvgIpc) is 2.38. The molecular formula is C13H16F3NO4S. The third-order valence-electron chi connectivity index (χ3n) is 2.66. The van der Waals surface area contributed by atoms with Crippen molar-refractivity contribution < 1.29 is 32.9 Å². The molecule has 22 heavy (non-hydrogen) atoms. The summed E-state index contributed by atoms with van der Waals surface area (Å²) >= 11 is 0.944. The molecule has 0 fully saturated rings. The number of aliphatic hydroxyl groups excluding tert-OH is 2. The van der Waals surface area contributed by atoms with Crippen molar-refractivity contribution in [2.75, 3.05) is 11.5 Å². The van der Waals surface area contributed by atoms with E-state index in [0.717, 1.165) is 23.9 Å². The van der Waals surface area contributed by atoms with E-state index in [2.05, 4.69) is 4.74 Å². The van der Waals surface area contributed by atoms with Crippen molar-refractivity contribution in [1.29, 1.82) is 0 Å². The van der Waals surface area contributed by atoms with E-state index in [1.54, 1.807) is 0 Å². The van der Waals surface area contributed by atoms with Gasteiger partial charge >= 0.3 is 6.36 Å². The topological polar surface area (TPSA) is 92.8 Å². The molecule has 0 bridgehead atoms. The first-order valence-corrected chi connectivity index (χ1v) is 7.23. The smallest absolute Gasteiger partial charge is 0.405 e. The molecule has 2 atom stereocenters. The number of nitrogens with two attached hydrogens (primary N) is 1. The number of hydrogen-bond acceptors (Lipinski definition) is 6. The summed E-state index contributed by atoms with van der Waals surface area (Å²) in [4.78, 5) is 10.8. The Hall–Kier alpha value is -1.45. The molecule has 1 rings (SSSR count). The number of benzene rings is 1. The monoisotopic (exact) mass is 339 g/mol. The van der Waals surface area contributed by atoms with Crippen LogP contribution in [-0.2, 0) is 4.79 Å². The molecule has 1 aromatic rings.